The third-order valence-electron chi connectivity index (χ3n) is 5.25. The van der Waals surface area contributed by atoms with Gasteiger partial charge >= 0.3 is 14.9 Å². The molecule has 33 heavy (non-hydrogen) atoms. The van der Waals surface area contributed by atoms with Gasteiger partial charge in [0.1, 0.15) is 16.0 Å². The van der Waals surface area contributed by atoms with Gasteiger partial charge in [-0.3, -0.25) is 4.90 Å². The van der Waals surface area contributed by atoms with Gasteiger partial charge in [0.25, 0.3) is 0 Å². The normalized spacial score (nSPS) is 12.0. The van der Waals surface area contributed by atoms with E-state index < -0.39 is 14.4 Å². The van der Waals surface area contributed by atoms with Gasteiger partial charge in [-0.1, -0.05) is 44.2 Å². The molecule has 0 aliphatic heterocycles. The van der Waals surface area contributed by atoms with Crippen molar-refractivity contribution in [2.24, 2.45) is 0 Å². The quantitative estimate of drug-likeness (QED) is 0.385. The summed E-state index contributed by atoms with van der Waals surface area (Å²) < 4.78 is 5.86. The summed E-state index contributed by atoms with van der Waals surface area (Å²) in [6.07, 6.45) is 1.65. The fourth-order valence-corrected chi connectivity index (χ4v) is 7.18. The minimum absolute atomic E-state index is 0.0723. The van der Waals surface area contributed by atoms with E-state index in [1.807, 2.05) is 31.7 Å². The van der Waals surface area contributed by atoms with Crippen molar-refractivity contribution in [2.75, 3.05) is 18.0 Å². The smallest absolute Gasteiger partial charge is 0.414 e. The highest BCUT2D eigenvalue weighted by atomic mass is 28.3. The first-order valence-corrected chi connectivity index (χ1v) is 13.7. The number of nitrogens with one attached hydrogen (secondary N) is 1. The lowest BCUT2D eigenvalue weighted by atomic mass is 10.2. The van der Waals surface area contributed by atoms with E-state index in [0.29, 0.717) is 12.6 Å². The van der Waals surface area contributed by atoms with E-state index in [2.05, 4.69) is 88.5 Å². The molecule has 0 heterocycles. The van der Waals surface area contributed by atoms with Gasteiger partial charge in [0.2, 0.25) is 0 Å². The van der Waals surface area contributed by atoms with E-state index in [1.54, 1.807) is 0 Å². The summed E-state index contributed by atoms with van der Waals surface area (Å²) in [5.41, 5.74) is 0.442. The molecule has 0 aromatic heterocycles. The first-order chi connectivity index (χ1) is 15.4. The second kappa shape index (κ2) is 11.8. The molecule has 0 unspecified atom stereocenters. The topological polar surface area (TPSA) is 41.6 Å². The zero-order valence-electron chi connectivity index (χ0n) is 21.9. The van der Waals surface area contributed by atoms with Crippen LogP contribution in [-0.4, -0.2) is 39.6 Å². The van der Waals surface area contributed by atoms with Crippen LogP contribution in [0.2, 0.25) is 5.04 Å². The summed E-state index contributed by atoms with van der Waals surface area (Å²) in [5, 5.41) is 6.15. The molecule has 0 aliphatic carbocycles. The molecular formula is C28H43N2O2Si+. The van der Waals surface area contributed by atoms with Crippen LogP contribution >= 0.6 is 0 Å². The molecule has 2 aromatic rings. The number of anilines is 1. The molecule has 0 fully saturated rings. The monoisotopic (exact) mass is 467 g/mol. The number of para-hydroxylation sites is 1. The van der Waals surface area contributed by atoms with Crippen molar-refractivity contribution < 1.29 is 9.53 Å². The van der Waals surface area contributed by atoms with Crippen molar-refractivity contribution in [1.29, 1.82) is 0 Å². The van der Waals surface area contributed by atoms with Gasteiger partial charge in [-0.25, -0.2) is 4.79 Å². The van der Waals surface area contributed by atoms with Crippen molar-refractivity contribution >= 4 is 31.0 Å². The molecule has 0 spiro atoms. The number of hydrogen-bond acceptors (Lipinski definition) is 3. The van der Waals surface area contributed by atoms with Crippen LogP contribution in [0.4, 0.5) is 10.5 Å². The van der Waals surface area contributed by atoms with Crippen molar-refractivity contribution in [3.8, 4) is 0 Å². The molecule has 4 nitrogen and oxygen atoms in total. The van der Waals surface area contributed by atoms with Crippen molar-refractivity contribution in [3.05, 3.63) is 54.6 Å². The van der Waals surface area contributed by atoms with Crippen LogP contribution < -0.4 is 20.6 Å². The Balaban J connectivity index is 2.45. The number of carbonyl (C=O) groups is 1. The number of ether oxygens (including phenoxy) is 1. The first-order valence-electron chi connectivity index (χ1n) is 12.2. The largest absolute Gasteiger partial charge is 0.443 e. The summed E-state index contributed by atoms with van der Waals surface area (Å²) in [5.74, 6) is 0. The lowest BCUT2D eigenvalue weighted by molar-refractivity contribution is 0.0580. The number of benzene rings is 2. The Bertz CT molecular complexity index is 869. The SMILES string of the molecule is CC(C)NCCCCN(C(=O)OC(C)(C)C)c1ccccc1[Si+](c1ccccc1)C(C)(C)C. The number of carbonyl (C=O) groups excluding carboxylic acids is 1. The van der Waals surface area contributed by atoms with Gasteiger partial charge in [-0.15, -0.1) is 0 Å². The zero-order chi connectivity index (χ0) is 24.6. The van der Waals surface area contributed by atoms with Crippen LogP contribution in [-0.2, 0) is 4.74 Å². The van der Waals surface area contributed by atoms with Crippen LogP contribution in [0.25, 0.3) is 0 Å². The van der Waals surface area contributed by atoms with Crippen LogP contribution in [0.5, 0.6) is 0 Å². The lowest BCUT2D eigenvalue weighted by Gasteiger charge is -2.29. The summed E-state index contributed by atoms with van der Waals surface area (Å²) in [6.45, 7) is 18.6. The maximum atomic E-state index is 13.4. The molecule has 0 radical (unpaired) electrons. The predicted molar refractivity (Wildman–Crippen MR) is 144 cm³/mol. The minimum atomic E-state index is -1.17. The van der Waals surface area contributed by atoms with Crippen LogP contribution in [0.3, 0.4) is 0 Å². The van der Waals surface area contributed by atoms with E-state index in [1.165, 1.54) is 10.4 Å². The average molecular weight is 468 g/mol. The second-order valence-corrected chi connectivity index (χ2v) is 14.3. The minimum Gasteiger partial charge on any atom is -0.443 e. The standard InChI is InChI=1S/C28H43N2O2Si/c1-22(2)29-20-14-15-21-30(26(31)32-27(3,4)5)24-18-12-13-19-25(24)33(28(6,7)8)23-16-10-9-11-17-23/h9-13,16-19,22,29H,14-15,20-21H2,1-8H3/q+1. The van der Waals surface area contributed by atoms with E-state index in [-0.39, 0.29) is 11.1 Å². The number of rotatable bonds is 9. The number of nitrogens with zero attached hydrogens (tertiary/aromatic N) is 1. The van der Waals surface area contributed by atoms with Gasteiger partial charge in [-0.2, -0.15) is 0 Å². The Morgan fingerprint density at radius 2 is 1.55 bits per heavy atom. The van der Waals surface area contributed by atoms with Gasteiger partial charge in [-0.05, 0) is 85.2 Å². The maximum Gasteiger partial charge on any atom is 0.414 e. The summed E-state index contributed by atoms with van der Waals surface area (Å²) in [4.78, 5) is 15.3. The van der Waals surface area contributed by atoms with E-state index in [4.69, 9.17) is 4.74 Å². The summed E-state index contributed by atoms with van der Waals surface area (Å²) in [6, 6.07) is 19.6. The lowest BCUT2D eigenvalue weighted by Crippen LogP contribution is -2.52. The molecule has 0 saturated heterocycles. The predicted octanol–water partition coefficient (Wildman–Crippen LogP) is 5.62. The molecule has 2 aromatic carbocycles. The molecule has 0 atom stereocenters. The average Bonchev–Trinajstić information content (AvgIpc) is 2.70. The highest BCUT2D eigenvalue weighted by Gasteiger charge is 2.48. The number of amides is 1. The molecule has 0 saturated carbocycles. The molecule has 2 rings (SSSR count). The molecule has 5 heteroatoms. The van der Waals surface area contributed by atoms with Gasteiger partial charge in [0.05, 0.1) is 10.7 Å². The van der Waals surface area contributed by atoms with Crippen molar-refractivity contribution in [2.45, 2.75) is 84.9 Å². The molecule has 0 bridgehead atoms. The summed E-state index contributed by atoms with van der Waals surface area (Å²) >= 11 is 0. The Hall–Kier alpha value is -2.11. The summed E-state index contributed by atoms with van der Waals surface area (Å²) in [7, 11) is -1.17. The molecule has 0 aliphatic rings. The number of unbranched alkanes of at least 4 members (excludes halogenated alkanes) is 1. The van der Waals surface area contributed by atoms with Crippen molar-refractivity contribution in [3.63, 3.8) is 0 Å². The van der Waals surface area contributed by atoms with Gasteiger partial charge < -0.3 is 10.1 Å². The fourth-order valence-electron chi connectivity index (χ4n) is 3.93. The van der Waals surface area contributed by atoms with Gasteiger partial charge in [0.15, 0.2) is 0 Å². The highest BCUT2D eigenvalue weighted by Crippen LogP contribution is 2.29. The van der Waals surface area contributed by atoms with Crippen molar-refractivity contribution in [1.82, 2.24) is 5.32 Å². The van der Waals surface area contributed by atoms with Crippen LogP contribution in [0.15, 0.2) is 54.6 Å². The Morgan fingerprint density at radius 1 is 0.939 bits per heavy atom. The van der Waals surface area contributed by atoms with E-state index in [9.17, 15) is 4.79 Å². The zero-order valence-corrected chi connectivity index (χ0v) is 22.9. The fraction of sp³-hybridized carbons (Fsp3) is 0.536. The molecule has 180 valence electrons. The molecule has 1 amide bonds. The van der Waals surface area contributed by atoms with Gasteiger partial charge in [0, 0.05) is 12.6 Å². The van der Waals surface area contributed by atoms with Crippen LogP contribution in [0.1, 0.15) is 68.2 Å². The highest BCUT2D eigenvalue weighted by molar-refractivity contribution is 6.88. The Labute approximate surface area is 203 Å². The van der Waals surface area contributed by atoms with E-state index in [0.717, 1.165) is 25.1 Å². The maximum absolute atomic E-state index is 13.4. The third kappa shape index (κ3) is 8.63. The Kier molecular flexibility index (Phi) is 9.74. The Morgan fingerprint density at radius 3 is 2.12 bits per heavy atom. The molecular weight excluding hydrogens is 424 g/mol. The number of hydrogen-bond donors (Lipinski definition) is 1. The van der Waals surface area contributed by atoms with Crippen LogP contribution in [0, 0.1) is 0 Å². The van der Waals surface area contributed by atoms with E-state index >= 15 is 0 Å². The molecule has 1 N–H and O–H groups in total. The first kappa shape index (κ1) is 27.1. The third-order valence-corrected chi connectivity index (χ3v) is 8.62. The second-order valence-electron chi connectivity index (χ2n) is 11.0.